The predicted molar refractivity (Wildman–Crippen MR) is 70.4 cm³/mol. The molecule has 2 rings (SSSR count). The molecule has 0 atom stereocenters. The summed E-state index contributed by atoms with van der Waals surface area (Å²) in [5, 5.41) is 0.879. The first kappa shape index (κ1) is 16.7. The standard InChI is InChI=1S/C11H14ClN.ClH.N2.Zn/c1-9-10(12)5-4-6-11(9)13-7-2-3-8-13;;1-2;/h4-6H,2-3,7-8H2,1H3;1H;;. The van der Waals surface area contributed by atoms with Gasteiger partial charge in [-0.05, 0) is 37.5 Å². The molecule has 3 nitrogen and oxygen atoms in total. The molecule has 0 aliphatic carbocycles. The number of anilines is 1. The number of hydrogen-bond acceptors (Lipinski definition) is 1. The molecule has 0 N–H and O–H groups in total. The maximum atomic E-state index is 7.25. The van der Waals surface area contributed by atoms with Crippen molar-refractivity contribution in [2.45, 2.75) is 19.8 Å². The van der Waals surface area contributed by atoms with Crippen LogP contribution in [0.1, 0.15) is 18.4 Å². The molecule has 0 amide bonds. The van der Waals surface area contributed by atoms with Crippen molar-refractivity contribution >= 4 is 29.7 Å². The molecule has 1 aliphatic rings. The quantitative estimate of drug-likeness (QED) is 0.443. The second-order valence-corrected chi connectivity index (χ2v) is 4.72. The summed E-state index contributed by atoms with van der Waals surface area (Å²) >= 11 is 6.69. The molecule has 1 aromatic rings. The first-order valence-corrected chi connectivity index (χ1v) is 7.01. The van der Waals surface area contributed by atoms with E-state index >= 15 is 0 Å². The minimum atomic E-state index is 0. The van der Waals surface area contributed by atoms with Crippen molar-refractivity contribution in [2.75, 3.05) is 18.0 Å². The van der Waals surface area contributed by atoms with Crippen LogP contribution in [0.3, 0.4) is 0 Å². The summed E-state index contributed by atoms with van der Waals surface area (Å²) in [6.45, 7) is 4.46. The number of benzene rings is 1. The van der Waals surface area contributed by atoms with E-state index in [2.05, 4.69) is 21.4 Å². The zero-order valence-electron chi connectivity index (χ0n) is 9.90. The van der Waals surface area contributed by atoms with E-state index in [0.29, 0.717) is 18.1 Å². The second kappa shape index (κ2) is 8.77. The molecule has 1 fully saturated rings. The zero-order valence-corrected chi connectivity index (χ0v) is 14.4. The van der Waals surface area contributed by atoms with E-state index in [1.165, 1.54) is 37.2 Å². The van der Waals surface area contributed by atoms with Crippen molar-refractivity contribution in [3.63, 3.8) is 0 Å². The maximum absolute atomic E-state index is 7.25. The second-order valence-electron chi connectivity index (χ2n) is 3.72. The molecule has 0 saturated carbocycles. The van der Waals surface area contributed by atoms with Crippen LogP contribution in [0.5, 0.6) is 0 Å². The summed E-state index contributed by atoms with van der Waals surface area (Å²) in [6, 6.07) is 6.14. The molecular weight excluding hydrogens is 310 g/mol. The van der Waals surface area contributed by atoms with E-state index in [1.54, 1.807) is 0 Å². The monoisotopic (exact) mass is 323 g/mol. The van der Waals surface area contributed by atoms with Crippen LogP contribution in [0, 0.1) is 6.92 Å². The van der Waals surface area contributed by atoms with Gasteiger partial charge in [0.2, 0.25) is 0 Å². The number of halogens is 2. The van der Waals surface area contributed by atoms with Crippen molar-refractivity contribution < 1.29 is 18.1 Å². The van der Waals surface area contributed by atoms with Crippen molar-refractivity contribution in [3.05, 3.63) is 34.3 Å². The van der Waals surface area contributed by atoms with Gasteiger partial charge in [0.15, 0.2) is 0 Å². The van der Waals surface area contributed by atoms with Gasteiger partial charge < -0.3 is 4.90 Å². The topological polar surface area (TPSA) is 39.6 Å². The van der Waals surface area contributed by atoms with Crippen LogP contribution in [0.2, 0.25) is 5.02 Å². The third kappa shape index (κ3) is 4.85. The van der Waals surface area contributed by atoms with Crippen LogP contribution in [0.15, 0.2) is 18.2 Å². The first-order chi connectivity index (χ1) is 7.70. The molecule has 0 spiro atoms. The number of hydrogen-bond donors (Lipinski definition) is 0. The number of rotatable bonds is 1. The first-order valence-electron chi connectivity index (χ1n) is 5.31. The number of nitrogens with zero attached hydrogens (tertiary/aromatic N) is 3. The van der Waals surface area contributed by atoms with Gasteiger partial charge in [-0.2, -0.15) is 0 Å². The van der Waals surface area contributed by atoms with Crippen LogP contribution in [-0.2, 0) is 18.1 Å². The molecule has 1 aromatic carbocycles. The summed E-state index contributed by atoms with van der Waals surface area (Å²) in [5.41, 5.74) is 9.77. The van der Waals surface area contributed by atoms with Gasteiger partial charge in [0.25, 0.3) is 0 Å². The Morgan fingerprint density at radius 1 is 1.35 bits per heavy atom. The van der Waals surface area contributed by atoms with Gasteiger partial charge in [-0.15, -0.1) is 12.4 Å². The van der Waals surface area contributed by atoms with E-state index in [-0.39, 0.29) is 12.4 Å². The zero-order chi connectivity index (χ0) is 12.0. The van der Waals surface area contributed by atoms with E-state index in [4.69, 9.17) is 17.1 Å². The minimum absolute atomic E-state index is 0. The Bertz CT molecular complexity index is 386. The average molecular weight is 326 g/mol. The van der Waals surface area contributed by atoms with Gasteiger partial charge >= 0.3 is 27.1 Å². The molecule has 1 saturated heterocycles. The molecule has 0 aromatic heterocycles. The van der Waals surface area contributed by atoms with Crippen LogP contribution in [0.4, 0.5) is 5.69 Å². The van der Waals surface area contributed by atoms with Gasteiger partial charge in [-0.25, -0.2) is 0 Å². The summed E-state index contributed by atoms with van der Waals surface area (Å²) in [4.78, 5) is 2.42. The third-order valence-electron chi connectivity index (χ3n) is 2.69. The predicted octanol–water partition coefficient (Wildman–Crippen LogP) is 3.48. The fourth-order valence-corrected chi connectivity index (χ4v) is 2.07. The van der Waals surface area contributed by atoms with E-state index in [1.807, 2.05) is 12.1 Å². The van der Waals surface area contributed by atoms with Crippen LogP contribution in [0.25, 0.3) is 5.53 Å². The molecule has 0 bridgehead atoms. The fourth-order valence-electron chi connectivity index (χ4n) is 1.90. The van der Waals surface area contributed by atoms with Gasteiger partial charge in [-0.1, -0.05) is 17.7 Å². The van der Waals surface area contributed by atoms with Crippen molar-refractivity contribution in [1.82, 2.24) is 3.48 Å². The summed E-state index contributed by atoms with van der Waals surface area (Å²) in [5.74, 6) is 0. The Balaban J connectivity index is 0.000000583. The Hall–Kier alpha value is -0.267. The van der Waals surface area contributed by atoms with Crippen LogP contribution in [-0.4, -0.2) is 13.1 Å². The third-order valence-corrected chi connectivity index (χ3v) is 3.10. The van der Waals surface area contributed by atoms with E-state index < -0.39 is 0 Å². The molecule has 90 valence electrons. The fraction of sp³-hybridized carbons (Fsp3) is 0.455. The van der Waals surface area contributed by atoms with Crippen molar-refractivity contribution in [2.24, 2.45) is 0 Å². The Morgan fingerprint density at radius 2 is 1.88 bits per heavy atom. The Labute approximate surface area is 123 Å². The van der Waals surface area contributed by atoms with Gasteiger partial charge in [0.1, 0.15) is 0 Å². The van der Waals surface area contributed by atoms with Crippen molar-refractivity contribution in [1.29, 1.82) is 0 Å². The van der Waals surface area contributed by atoms with Gasteiger partial charge in [0.05, 0.1) is 0 Å². The Kier molecular flexibility index (Phi) is 8.63. The van der Waals surface area contributed by atoms with Crippen LogP contribution >= 0.6 is 24.0 Å². The molecule has 0 radical (unpaired) electrons. The Morgan fingerprint density at radius 3 is 2.41 bits per heavy atom. The summed E-state index contributed by atoms with van der Waals surface area (Å²) < 4.78 is 2.62. The molecular formula is C11H15Cl2N3Zn. The summed E-state index contributed by atoms with van der Waals surface area (Å²) in [7, 11) is 0. The van der Waals surface area contributed by atoms with Gasteiger partial charge in [0, 0.05) is 23.8 Å². The average Bonchev–Trinajstić information content (AvgIpc) is 2.76. The molecule has 1 heterocycles. The van der Waals surface area contributed by atoms with Crippen molar-refractivity contribution in [3.8, 4) is 0 Å². The van der Waals surface area contributed by atoms with Gasteiger partial charge in [-0.3, -0.25) is 0 Å². The molecule has 6 heteroatoms. The van der Waals surface area contributed by atoms with E-state index in [9.17, 15) is 0 Å². The van der Waals surface area contributed by atoms with Crippen LogP contribution < -0.4 is 8.38 Å². The summed E-state index contributed by atoms with van der Waals surface area (Å²) in [6.07, 6.45) is 2.62. The molecule has 1 aliphatic heterocycles. The molecule has 17 heavy (non-hydrogen) atoms. The van der Waals surface area contributed by atoms with E-state index in [0.717, 1.165) is 5.02 Å². The SMILES string of the molecule is Cc1c(Cl)cccc1N1CCCC1.Cl.[N-]=[N+]=[Zn]. The molecule has 0 unspecified atom stereocenters. The normalized spacial score (nSPS) is 13.3.